The first kappa shape index (κ1) is 18.5. The van der Waals surface area contributed by atoms with Gasteiger partial charge < -0.3 is 11.1 Å². The van der Waals surface area contributed by atoms with Crippen LogP contribution in [0, 0.1) is 6.92 Å². The number of aryl methyl sites for hydroxylation is 1. The number of benzene rings is 2. The number of hydrazine groups is 1. The molecular weight excluding hydrogens is 364 g/mol. The topological polar surface area (TPSA) is 105 Å². The fourth-order valence-electron chi connectivity index (χ4n) is 2.36. The zero-order valence-corrected chi connectivity index (χ0v) is 15.4. The highest BCUT2D eigenvalue weighted by atomic mass is 35.5. The molecule has 1 aromatic heterocycles. The van der Waals surface area contributed by atoms with Gasteiger partial charge in [-0.05, 0) is 24.6 Å². The maximum atomic E-state index is 12.2. The number of nitrogen functional groups attached to an aromatic ring is 1. The largest absolute Gasteiger partial charge is 0.393 e. The summed E-state index contributed by atoms with van der Waals surface area (Å²) in [5, 5.41) is 3.52. The van der Waals surface area contributed by atoms with Crippen molar-refractivity contribution in [3.05, 3.63) is 76.6 Å². The number of rotatable bonds is 6. The highest BCUT2D eigenvalue weighted by molar-refractivity contribution is 6.33. The van der Waals surface area contributed by atoms with Crippen LogP contribution >= 0.6 is 11.6 Å². The van der Waals surface area contributed by atoms with Gasteiger partial charge in [0.15, 0.2) is 11.6 Å². The minimum Gasteiger partial charge on any atom is -0.393 e. The van der Waals surface area contributed by atoms with E-state index < -0.39 is 5.91 Å². The smallest absolute Gasteiger partial charge is 0.271 e. The van der Waals surface area contributed by atoms with Gasteiger partial charge in [-0.25, -0.2) is 9.97 Å². The molecule has 2 aromatic carbocycles. The van der Waals surface area contributed by atoms with Crippen LogP contribution < -0.4 is 21.9 Å². The van der Waals surface area contributed by atoms with E-state index in [2.05, 4.69) is 26.1 Å². The summed E-state index contributed by atoms with van der Waals surface area (Å²) in [5.41, 5.74) is 14.3. The van der Waals surface area contributed by atoms with Crippen LogP contribution in [0.1, 0.15) is 21.5 Å². The van der Waals surface area contributed by atoms with Gasteiger partial charge in [-0.2, -0.15) is 0 Å². The van der Waals surface area contributed by atoms with Crippen molar-refractivity contribution in [3.8, 4) is 0 Å². The van der Waals surface area contributed by atoms with Crippen molar-refractivity contribution in [2.24, 2.45) is 0 Å². The molecule has 1 amide bonds. The number of hydrogen-bond donors (Lipinski definition) is 4. The first-order chi connectivity index (χ1) is 13.0. The average molecular weight is 383 g/mol. The first-order valence-electron chi connectivity index (χ1n) is 8.25. The summed E-state index contributed by atoms with van der Waals surface area (Å²) in [5.74, 6) is 0.365. The predicted octanol–water partition coefficient (Wildman–Crippen LogP) is 3.39. The second-order valence-electron chi connectivity index (χ2n) is 5.88. The van der Waals surface area contributed by atoms with E-state index in [9.17, 15) is 4.79 Å². The molecule has 0 atom stereocenters. The van der Waals surface area contributed by atoms with Gasteiger partial charge in [-0.1, -0.05) is 53.6 Å². The van der Waals surface area contributed by atoms with E-state index in [1.165, 1.54) is 11.9 Å². The maximum Gasteiger partial charge on any atom is 0.271 e. The number of carbonyl (C=O) groups is 1. The van der Waals surface area contributed by atoms with Crippen LogP contribution in [0.2, 0.25) is 5.02 Å². The van der Waals surface area contributed by atoms with Crippen LogP contribution in [-0.4, -0.2) is 15.9 Å². The van der Waals surface area contributed by atoms with Gasteiger partial charge in [0.25, 0.3) is 5.91 Å². The highest BCUT2D eigenvalue weighted by Gasteiger charge is 2.12. The molecule has 0 bridgehead atoms. The lowest BCUT2D eigenvalue weighted by molar-refractivity contribution is 0.0962. The van der Waals surface area contributed by atoms with Crippen LogP contribution in [0.25, 0.3) is 0 Å². The van der Waals surface area contributed by atoms with Gasteiger partial charge in [0.1, 0.15) is 12.0 Å². The lowest BCUT2D eigenvalue weighted by Gasteiger charge is -2.13. The van der Waals surface area contributed by atoms with Crippen LogP contribution in [0.5, 0.6) is 0 Å². The van der Waals surface area contributed by atoms with Gasteiger partial charge in [0.05, 0.1) is 10.6 Å². The van der Waals surface area contributed by atoms with E-state index in [0.29, 0.717) is 28.6 Å². The Labute approximate surface area is 162 Å². The van der Waals surface area contributed by atoms with Gasteiger partial charge in [-0.15, -0.1) is 0 Å². The number of nitrogens with one attached hydrogen (secondary N) is 3. The van der Waals surface area contributed by atoms with Crippen molar-refractivity contribution >= 4 is 34.8 Å². The Hall–Kier alpha value is -3.32. The van der Waals surface area contributed by atoms with E-state index in [-0.39, 0.29) is 5.82 Å². The minimum absolute atomic E-state index is 0.289. The van der Waals surface area contributed by atoms with Crippen LogP contribution in [-0.2, 0) is 6.54 Å². The summed E-state index contributed by atoms with van der Waals surface area (Å²) in [6.45, 7) is 2.60. The van der Waals surface area contributed by atoms with Gasteiger partial charge in [0.2, 0.25) is 0 Å². The number of amides is 1. The molecule has 0 unspecified atom stereocenters. The summed E-state index contributed by atoms with van der Waals surface area (Å²) in [7, 11) is 0. The Bertz CT molecular complexity index is 945. The van der Waals surface area contributed by atoms with Crippen molar-refractivity contribution < 1.29 is 4.79 Å². The molecular formula is C19H19ClN6O. The number of hydrogen-bond acceptors (Lipinski definition) is 6. The van der Waals surface area contributed by atoms with Crippen molar-refractivity contribution in [3.63, 3.8) is 0 Å². The molecule has 3 rings (SSSR count). The molecule has 27 heavy (non-hydrogen) atoms. The van der Waals surface area contributed by atoms with Gasteiger partial charge >= 0.3 is 0 Å². The van der Waals surface area contributed by atoms with Crippen LogP contribution in [0.3, 0.4) is 0 Å². The highest BCUT2D eigenvalue weighted by Crippen LogP contribution is 2.22. The molecule has 0 aliphatic rings. The third kappa shape index (κ3) is 4.65. The van der Waals surface area contributed by atoms with E-state index in [1.807, 2.05) is 31.2 Å². The molecule has 138 valence electrons. The molecule has 0 aliphatic heterocycles. The summed E-state index contributed by atoms with van der Waals surface area (Å²) < 4.78 is 0. The standard InChI is InChI=1S/C19H19ClN6O/c1-12-6-8-13(9-7-12)10-22-17-16(21)18(24-11-23-17)25-26-19(27)14-4-2-3-5-15(14)20/h2-9,11H,10,21H2,1H3,(H,26,27)(H2,22,23,24,25). The van der Waals surface area contributed by atoms with Crippen molar-refractivity contribution in [2.45, 2.75) is 13.5 Å². The fraction of sp³-hybridized carbons (Fsp3) is 0.105. The molecule has 0 fully saturated rings. The Morgan fingerprint density at radius 3 is 2.52 bits per heavy atom. The zero-order valence-electron chi connectivity index (χ0n) is 14.7. The fourth-order valence-corrected chi connectivity index (χ4v) is 2.58. The van der Waals surface area contributed by atoms with E-state index in [4.69, 9.17) is 17.3 Å². The second-order valence-corrected chi connectivity index (χ2v) is 6.29. The summed E-state index contributed by atoms with van der Waals surface area (Å²) >= 11 is 6.02. The molecule has 1 heterocycles. The Morgan fingerprint density at radius 1 is 1.07 bits per heavy atom. The number of nitrogens with zero attached hydrogens (tertiary/aromatic N) is 2. The molecule has 0 aliphatic carbocycles. The molecule has 3 aromatic rings. The predicted molar refractivity (Wildman–Crippen MR) is 107 cm³/mol. The number of nitrogens with two attached hydrogens (primary N) is 1. The maximum absolute atomic E-state index is 12.2. The molecule has 7 nitrogen and oxygen atoms in total. The number of aromatic nitrogens is 2. The van der Waals surface area contributed by atoms with Gasteiger partial charge in [-0.3, -0.25) is 15.6 Å². The first-order valence-corrected chi connectivity index (χ1v) is 8.63. The lowest BCUT2D eigenvalue weighted by atomic mass is 10.1. The summed E-state index contributed by atoms with van der Waals surface area (Å²) in [6.07, 6.45) is 1.36. The minimum atomic E-state index is -0.396. The average Bonchev–Trinajstić information content (AvgIpc) is 2.67. The van der Waals surface area contributed by atoms with E-state index in [0.717, 1.165) is 5.56 Å². The van der Waals surface area contributed by atoms with E-state index >= 15 is 0 Å². The third-order valence-electron chi connectivity index (χ3n) is 3.88. The van der Waals surface area contributed by atoms with Crippen molar-refractivity contribution in [1.29, 1.82) is 0 Å². The Morgan fingerprint density at radius 2 is 1.78 bits per heavy atom. The number of halogens is 1. The molecule has 0 radical (unpaired) electrons. The molecule has 8 heteroatoms. The second kappa shape index (κ2) is 8.37. The Balaban J connectivity index is 1.65. The van der Waals surface area contributed by atoms with Crippen molar-refractivity contribution in [1.82, 2.24) is 15.4 Å². The molecule has 0 saturated heterocycles. The quantitative estimate of drug-likeness (QED) is 0.487. The SMILES string of the molecule is Cc1ccc(CNc2ncnc(NNC(=O)c3ccccc3Cl)c2N)cc1. The number of anilines is 3. The normalized spacial score (nSPS) is 10.3. The number of carbonyl (C=O) groups excluding carboxylic acids is 1. The van der Waals surface area contributed by atoms with Crippen LogP contribution in [0.4, 0.5) is 17.3 Å². The van der Waals surface area contributed by atoms with Gasteiger partial charge in [0, 0.05) is 6.54 Å². The molecule has 0 spiro atoms. The van der Waals surface area contributed by atoms with Crippen LogP contribution in [0.15, 0.2) is 54.9 Å². The monoisotopic (exact) mass is 382 g/mol. The Kier molecular flexibility index (Phi) is 5.73. The zero-order chi connectivity index (χ0) is 19.2. The molecule has 5 N–H and O–H groups in total. The van der Waals surface area contributed by atoms with E-state index in [1.54, 1.807) is 24.3 Å². The molecule has 0 saturated carbocycles. The summed E-state index contributed by atoms with van der Waals surface area (Å²) in [4.78, 5) is 20.4. The lowest BCUT2D eigenvalue weighted by Crippen LogP contribution is -2.30. The van der Waals surface area contributed by atoms with Crippen molar-refractivity contribution in [2.75, 3.05) is 16.5 Å². The third-order valence-corrected chi connectivity index (χ3v) is 4.21. The summed E-state index contributed by atoms with van der Waals surface area (Å²) in [6, 6.07) is 14.9.